The maximum Gasteiger partial charge on any atom is 0.220 e. The van der Waals surface area contributed by atoms with Crippen LogP contribution >= 0.6 is 23.2 Å². The molecule has 2 saturated heterocycles. The zero-order valence-electron chi connectivity index (χ0n) is 13.0. The number of nitrogens with one attached hydrogen (secondary N) is 2. The van der Waals surface area contributed by atoms with Crippen LogP contribution in [0.25, 0.3) is 0 Å². The molecule has 2 aliphatic heterocycles. The molecule has 2 heterocycles. The molecule has 0 aromatic heterocycles. The summed E-state index contributed by atoms with van der Waals surface area (Å²) in [5.41, 5.74) is 0.548. The van der Waals surface area contributed by atoms with Crippen LogP contribution in [0.3, 0.4) is 0 Å². The smallest absolute Gasteiger partial charge is 0.220 e. The molecule has 2 N–H and O–H groups in total. The Balaban J connectivity index is 1.58. The Kier molecular flexibility index (Phi) is 5.14. The van der Waals surface area contributed by atoms with Crippen molar-refractivity contribution in [3.63, 3.8) is 0 Å². The lowest BCUT2D eigenvalue weighted by molar-refractivity contribution is -0.122. The molecule has 1 aromatic rings. The van der Waals surface area contributed by atoms with Crippen LogP contribution in [0, 0.1) is 11.7 Å². The van der Waals surface area contributed by atoms with E-state index in [0.717, 1.165) is 12.8 Å². The third-order valence-corrected chi connectivity index (χ3v) is 5.55. The molecule has 1 aromatic carbocycles. The van der Waals surface area contributed by atoms with Crippen molar-refractivity contribution in [2.75, 3.05) is 0 Å². The van der Waals surface area contributed by atoms with E-state index in [-0.39, 0.29) is 17.0 Å². The number of halogens is 3. The molecule has 6 heteroatoms. The summed E-state index contributed by atoms with van der Waals surface area (Å²) in [6.07, 6.45) is 5.09. The fraction of sp³-hybridized carbons (Fsp3) is 0.588. The lowest BCUT2D eigenvalue weighted by Crippen LogP contribution is -2.40. The standard InChI is InChI=1S/C17H21Cl2FN2O/c1-9(13-7-16(20)15(19)8-14(13)18)21-17(23)6-10-4-11-2-3-12(5-10)22-11/h7-12,22H,2-6H2,1H3,(H,21,23). The Labute approximate surface area is 145 Å². The van der Waals surface area contributed by atoms with Gasteiger partial charge in [-0.15, -0.1) is 0 Å². The van der Waals surface area contributed by atoms with Crippen LogP contribution in [0.2, 0.25) is 10.0 Å². The van der Waals surface area contributed by atoms with E-state index in [0.29, 0.717) is 35.0 Å². The van der Waals surface area contributed by atoms with Crippen LogP contribution in [-0.4, -0.2) is 18.0 Å². The fourth-order valence-corrected chi connectivity index (χ4v) is 4.40. The van der Waals surface area contributed by atoms with E-state index in [2.05, 4.69) is 10.6 Å². The normalized spacial score (nSPS) is 27.7. The van der Waals surface area contributed by atoms with Gasteiger partial charge in [0.15, 0.2) is 0 Å². The van der Waals surface area contributed by atoms with Crippen LogP contribution in [0.5, 0.6) is 0 Å². The zero-order chi connectivity index (χ0) is 16.6. The van der Waals surface area contributed by atoms with Crippen molar-refractivity contribution >= 4 is 29.1 Å². The Morgan fingerprint density at radius 2 is 1.96 bits per heavy atom. The molecule has 0 aliphatic carbocycles. The van der Waals surface area contributed by atoms with Crippen molar-refractivity contribution in [1.29, 1.82) is 0 Å². The molecular formula is C17H21Cl2FN2O. The highest BCUT2D eigenvalue weighted by Gasteiger charge is 2.34. The van der Waals surface area contributed by atoms with E-state index in [1.807, 2.05) is 0 Å². The molecule has 1 amide bonds. The first-order valence-electron chi connectivity index (χ1n) is 8.12. The maximum atomic E-state index is 13.6. The van der Waals surface area contributed by atoms with Gasteiger partial charge in [-0.2, -0.15) is 0 Å². The first kappa shape index (κ1) is 17.0. The summed E-state index contributed by atoms with van der Waals surface area (Å²) in [5.74, 6) is -0.101. The fourth-order valence-electron chi connectivity index (χ4n) is 3.85. The van der Waals surface area contributed by atoms with Gasteiger partial charge in [0.1, 0.15) is 5.82 Å². The summed E-state index contributed by atoms with van der Waals surface area (Å²) in [6, 6.07) is 3.47. The molecule has 3 atom stereocenters. The minimum Gasteiger partial charge on any atom is -0.350 e. The summed E-state index contributed by atoms with van der Waals surface area (Å²) in [7, 11) is 0. The van der Waals surface area contributed by atoms with Crippen molar-refractivity contribution < 1.29 is 9.18 Å². The predicted octanol–water partition coefficient (Wildman–Crippen LogP) is 4.23. The molecule has 0 saturated carbocycles. The van der Waals surface area contributed by atoms with E-state index in [1.165, 1.54) is 25.0 Å². The molecule has 3 rings (SSSR count). The molecule has 0 spiro atoms. The molecule has 3 unspecified atom stereocenters. The number of carbonyl (C=O) groups is 1. The number of carbonyl (C=O) groups excluding carboxylic acids is 1. The van der Waals surface area contributed by atoms with Crippen LogP contribution < -0.4 is 10.6 Å². The first-order valence-corrected chi connectivity index (χ1v) is 8.88. The van der Waals surface area contributed by atoms with E-state index in [1.54, 1.807) is 6.92 Å². The van der Waals surface area contributed by atoms with Gasteiger partial charge in [-0.1, -0.05) is 23.2 Å². The van der Waals surface area contributed by atoms with Gasteiger partial charge in [-0.05, 0) is 56.2 Å². The van der Waals surface area contributed by atoms with Gasteiger partial charge in [0.05, 0.1) is 11.1 Å². The average Bonchev–Trinajstić information content (AvgIpc) is 2.81. The van der Waals surface area contributed by atoms with Crippen molar-refractivity contribution in [3.8, 4) is 0 Å². The quantitative estimate of drug-likeness (QED) is 0.790. The molecule has 2 bridgehead atoms. The second-order valence-electron chi connectivity index (χ2n) is 6.76. The van der Waals surface area contributed by atoms with Gasteiger partial charge in [-0.3, -0.25) is 4.79 Å². The van der Waals surface area contributed by atoms with Gasteiger partial charge in [-0.25, -0.2) is 4.39 Å². The van der Waals surface area contributed by atoms with Crippen LogP contribution in [0.1, 0.15) is 50.6 Å². The Hall–Kier alpha value is -0.840. The monoisotopic (exact) mass is 358 g/mol. The number of rotatable bonds is 4. The highest BCUT2D eigenvalue weighted by atomic mass is 35.5. The molecule has 0 radical (unpaired) electrons. The van der Waals surface area contributed by atoms with Crippen LogP contribution in [0.4, 0.5) is 4.39 Å². The molecule has 23 heavy (non-hydrogen) atoms. The van der Waals surface area contributed by atoms with Crippen LogP contribution in [0.15, 0.2) is 12.1 Å². The molecule has 2 fully saturated rings. The van der Waals surface area contributed by atoms with E-state index >= 15 is 0 Å². The number of hydrogen-bond donors (Lipinski definition) is 2. The lowest BCUT2D eigenvalue weighted by atomic mass is 9.89. The zero-order valence-corrected chi connectivity index (χ0v) is 14.6. The lowest BCUT2D eigenvalue weighted by Gasteiger charge is -2.29. The summed E-state index contributed by atoms with van der Waals surface area (Å²) in [6.45, 7) is 1.80. The predicted molar refractivity (Wildman–Crippen MR) is 90.3 cm³/mol. The Morgan fingerprint density at radius 3 is 2.61 bits per heavy atom. The third-order valence-electron chi connectivity index (χ3n) is 4.93. The van der Waals surface area contributed by atoms with Crippen LogP contribution in [-0.2, 0) is 4.79 Å². The second-order valence-corrected chi connectivity index (χ2v) is 7.57. The highest BCUT2D eigenvalue weighted by Crippen LogP contribution is 2.33. The third kappa shape index (κ3) is 3.98. The minimum absolute atomic E-state index is 0.00442. The SMILES string of the molecule is CC(NC(=O)CC1CC2CCC(C1)N2)c1cc(F)c(Cl)cc1Cl. The second kappa shape index (κ2) is 6.96. The van der Waals surface area contributed by atoms with E-state index in [4.69, 9.17) is 23.2 Å². The van der Waals surface area contributed by atoms with Gasteiger partial charge in [0, 0.05) is 23.5 Å². The topological polar surface area (TPSA) is 41.1 Å². The molecular weight excluding hydrogens is 338 g/mol. The number of benzene rings is 1. The van der Waals surface area contributed by atoms with Gasteiger partial charge in [0.25, 0.3) is 0 Å². The van der Waals surface area contributed by atoms with Gasteiger partial charge < -0.3 is 10.6 Å². The maximum absolute atomic E-state index is 13.6. The number of fused-ring (bicyclic) bond motifs is 2. The first-order chi connectivity index (χ1) is 10.9. The summed E-state index contributed by atoms with van der Waals surface area (Å²) < 4.78 is 13.6. The van der Waals surface area contributed by atoms with E-state index < -0.39 is 5.82 Å². The average molecular weight is 359 g/mol. The summed E-state index contributed by atoms with van der Waals surface area (Å²) in [4.78, 5) is 12.3. The van der Waals surface area contributed by atoms with Gasteiger partial charge >= 0.3 is 0 Å². The summed E-state index contributed by atoms with van der Waals surface area (Å²) >= 11 is 11.8. The number of hydrogen-bond acceptors (Lipinski definition) is 2. The van der Waals surface area contributed by atoms with Crippen molar-refractivity contribution in [1.82, 2.24) is 10.6 Å². The van der Waals surface area contributed by atoms with Crippen molar-refractivity contribution in [3.05, 3.63) is 33.6 Å². The highest BCUT2D eigenvalue weighted by molar-refractivity contribution is 6.35. The largest absolute Gasteiger partial charge is 0.350 e. The minimum atomic E-state index is -0.526. The van der Waals surface area contributed by atoms with Crippen molar-refractivity contribution in [2.24, 2.45) is 5.92 Å². The summed E-state index contributed by atoms with van der Waals surface area (Å²) in [5, 5.41) is 6.86. The Morgan fingerprint density at radius 1 is 1.30 bits per heavy atom. The molecule has 2 aliphatic rings. The van der Waals surface area contributed by atoms with Crippen molar-refractivity contribution in [2.45, 2.75) is 57.2 Å². The molecule has 126 valence electrons. The Bertz CT molecular complexity index is 599. The van der Waals surface area contributed by atoms with E-state index in [9.17, 15) is 9.18 Å². The number of amides is 1. The number of piperidine rings is 1. The molecule has 3 nitrogen and oxygen atoms in total. The van der Waals surface area contributed by atoms with Gasteiger partial charge in [0.2, 0.25) is 5.91 Å².